The molecule has 0 N–H and O–H groups in total. The molecule has 0 saturated carbocycles. The Morgan fingerprint density at radius 2 is 1.50 bits per heavy atom. The maximum absolute atomic E-state index is 13.1. The minimum atomic E-state index is -3.75. The topological polar surface area (TPSA) is 65.4 Å². The predicted molar refractivity (Wildman–Crippen MR) is 132 cm³/mol. The van der Waals surface area contributed by atoms with Crippen molar-refractivity contribution in [3.8, 4) is 0 Å². The van der Waals surface area contributed by atoms with Gasteiger partial charge in [0, 0.05) is 17.1 Å². The number of fused-ring (bicyclic) bond motifs is 1. The van der Waals surface area contributed by atoms with Crippen LogP contribution in [0.3, 0.4) is 0 Å². The van der Waals surface area contributed by atoms with E-state index in [1.807, 2.05) is 6.07 Å². The van der Waals surface area contributed by atoms with Crippen LogP contribution in [-0.2, 0) is 21.1 Å². The quantitative estimate of drug-likeness (QED) is 0.268. The van der Waals surface area contributed by atoms with Crippen molar-refractivity contribution in [2.24, 2.45) is 0 Å². The number of benzene rings is 2. The molecule has 0 bridgehead atoms. The SMILES string of the molecule is CC(C)[Si](OCc1ccc2c(ccn2S(=O)(=O)c2ccccc2)c1C=O)(C(C)C)C(C)C. The summed E-state index contributed by atoms with van der Waals surface area (Å²) >= 11 is 0. The molecule has 32 heavy (non-hydrogen) atoms. The molecular formula is C25H33NO4SSi. The number of carbonyl (C=O) groups is 1. The maximum atomic E-state index is 13.1. The molecule has 0 aliphatic heterocycles. The Labute approximate surface area is 192 Å². The Morgan fingerprint density at radius 3 is 2.03 bits per heavy atom. The van der Waals surface area contributed by atoms with Gasteiger partial charge in [-0.2, -0.15) is 0 Å². The molecule has 0 fully saturated rings. The molecule has 0 spiro atoms. The van der Waals surface area contributed by atoms with Crippen LogP contribution in [0.1, 0.15) is 57.5 Å². The lowest BCUT2D eigenvalue weighted by atomic mass is 10.1. The first kappa shape index (κ1) is 24.4. The van der Waals surface area contributed by atoms with Crippen LogP contribution in [0.5, 0.6) is 0 Å². The Kier molecular flexibility index (Phi) is 7.12. The first-order chi connectivity index (χ1) is 15.1. The second-order valence-corrected chi connectivity index (χ2v) is 16.5. The highest BCUT2D eigenvalue weighted by atomic mass is 32.2. The second-order valence-electron chi connectivity index (χ2n) is 9.22. The smallest absolute Gasteiger partial charge is 0.268 e. The summed E-state index contributed by atoms with van der Waals surface area (Å²) in [4.78, 5) is 12.3. The summed E-state index contributed by atoms with van der Waals surface area (Å²) in [6.45, 7) is 13.7. The van der Waals surface area contributed by atoms with E-state index in [1.54, 1.807) is 42.5 Å². The van der Waals surface area contributed by atoms with Crippen molar-refractivity contribution in [2.75, 3.05) is 0 Å². The number of nitrogens with zero attached hydrogens (tertiary/aromatic N) is 1. The molecule has 0 saturated heterocycles. The van der Waals surface area contributed by atoms with Gasteiger partial charge in [-0.3, -0.25) is 4.79 Å². The summed E-state index contributed by atoms with van der Waals surface area (Å²) in [7, 11) is -5.85. The van der Waals surface area contributed by atoms with E-state index in [9.17, 15) is 13.2 Å². The number of rotatable bonds is 9. The standard InChI is InChI=1S/C25H33NO4SSi/c1-18(2)32(19(3)4,20(5)6)30-17-21-12-13-25-23(24(21)16-27)14-15-26(25)31(28,29)22-10-8-7-9-11-22/h7-16,18-20H,17H2,1-6H3. The zero-order valence-corrected chi connectivity index (χ0v) is 21.5. The predicted octanol–water partition coefficient (Wildman–Crippen LogP) is 6.38. The van der Waals surface area contributed by atoms with Gasteiger partial charge in [-0.25, -0.2) is 12.4 Å². The molecule has 3 rings (SSSR count). The van der Waals surface area contributed by atoms with Crippen molar-refractivity contribution >= 4 is 35.5 Å². The molecule has 0 aliphatic carbocycles. The van der Waals surface area contributed by atoms with E-state index in [-0.39, 0.29) is 4.90 Å². The number of carbonyl (C=O) groups excluding carboxylic acids is 1. The fourth-order valence-corrected chi connectivity index (χ4v) is 11.9. The van der Waals surface area contributed by atoms with E-state index < -0.39 is 18.3 Å². The average molecular weight is 472 g/mol. The van der Waals surface area contributed by atoms with E-state index in [1.165, 1.54) is 10.2 Å². The summed E-state index contributed by atoms with van der Waals surface area (Å²) in [6.07, 6.45) is 2.32. The monoisotopic (exact) mass is 471 g/mol. The van der Waals surface area contributed by atoms with Crippen LogP contribution < -0.4 is 0 Å². The van der Waals surface area contributed by atoms with Crippen LogP contribution in [0.15, 0.2) is 59.6 Å². The summed E-state index contributed by atoms with van der Waals surface area (Å²) in [5.41, 5.74) is 3.07. The average Bonchev–Trinajstić information content (AvgIpc) is 3.18. The molecule has 7 heteroatoms. The Hall–Kier alpha value is -2.22. The van der Waals surface area contributed by atoms with E-state index >= 15 is 0 Å². The van der Waals surface area contributed by atoms with Crippen molar-refractivity contribution in [1.82, 2.24) is 3.97 Å². The van der Waals surface area contributed by atoms with Crippen LogP contribution >= 0.6 is 0 Å². The molecule has 0 unspecified atom stereocenters. The summed E-state index contributed by atoms with van der Waals surface area (Å²) in [6, 6.07) is 13.6. The Balaban J connectivity index is 2.04. The molecule has 2 aromatic carbocycles. The molecule has 3 aromatic rings. The van der Waals surface area contributed by atoms with Crippen molar-refractivity contribution < 1.29 is 17.6 Å². The molecule has 0 amide bonds. The highest BCUT2D eigenvalue weighted by Crippen LogP contribution is 2.43. The number of hydrogen-bond acceptors (Lipinski definition) is 4. The molecular weight excluding hydrogens is 438 g/mol. The largest absolute Gasteiger partial charge is 0.412 e. The zero-order chi connectivity index (χ0) is 23.7. The minimum Gasteiger partial charge on any atom is -0.412 e. The van der Waals surface area contributed by atoms with Crippen LogP contribution in [-0.4, -0.2) is 27.0 Å². The van der Waals surface area contributed by atoms with Gasteiger partial charge in [0.25, 0.3) is 10.0 Å². The zero-order valence-electron chi connectivity index (χ0n) is 19.7. The summed E-state index contributed by atoms with van der Waals surface area (Å²) in [5.74, 6) is 0. The van der Waals surface area contributed by atoms with Gasteiger partial charge in [-0.15, -0.1) is 0 Å². The van der Waals surface area contributed by atoms with Crippen molar-refractivity contribution in [1.29, 1.82) is 0 Å². The van der Waals surface area contributed by atoms with Gasteiger partial charge >= 0.3 is 0 Å². The number of hydrogen-bond donors (Lipinski definition) is 0. The van der Waals surface area contributed by atoms with E-state index in [0.29, 0.717) is 39.7 Å². The fraction of sp³-hybridized carbons (Fsp3) is 0.400. The third kappa shape index (κ3) is 4.09. The first-order valence-electron chi connectivity index (χ1n) is 11.1. The van der Waals surface area contributed by atoms with E-state index in [2.05, 4.69) is 41.5 Å². The fourth-order valence-electron chi connectivity index (χ4n) is 5.14. The van der Waals surface area contributed by atoms with Gasteiger partial charge in [0.05, 0.1) is 17.0 Å². The Morgan fingerprint density at radius 1 is 0.906 bits per heavy atom. The van der Waals surface area contributed by atoms with Crippen molar-refractivity contribution in [3.05, 3.63) is 65.9 Å². The first-order valence-corrected chi connectivity index (χ1v) is 14.7. The summed E-state index contributed by atoms with van der Waals surface area (Å²) in [5, 5.41) is 0.617. The third-order valence-corrected chi connectivity index (χ3v) is 14.3. The lowest BCUT2D eigenvalue weighted by Gasteiger charge is -2.42. The molecule has 0 radical (unpaired) electrons. The van der Waals surface area contributed by atoms with Gasteiger partial charge in [0.2, 0.25) is 8.32 Å². The minimum absolute atomic E-state index is 0.208. The molecule has 5 nitrogen and oxygen atoms in total. The van der Waals surface area contributed by atoms with Crippen LogP contribution in [0.4, 0.5) is 0 Å². The van der Waals surface area contributed by atoms with Gasteiger partial charge in [0.15, 0.2) is 6.29 Å². The second kappa shape index (κ2) is 9.33. The molecule has 172 valence electrons. The molecule has 1 aromatic heterocycles. The van der Waals surface area contributed by atoms with Crippen LogP contribution in [0.2, 0.25) is 16.6 Å². The normalized spacial score (nSPS) is 12.9. The number of aldehydes is 1. The molecule has 0 atom stereocenters. The van der Waals surface area contributed by atoms with Crippen LogP contribution in [0, 0.1) is 0 Å². The van der Waals surface area contributed by atoms with Crippen LogP contribution in [0.25, 0.3) is 10.9 Å². The van der Waals surface area contributed by atoms with E-state index in [4.69, 9.17) is 4.43 Å². The number of aromatic nitrogens is 1. The molecule has 0 aliphatic rings. The lowest BCUT2D eigenvalue weighted by molar-refractivity contribution is 0.112. The highest BCUT2D eigenvalue weighted by molar-refractivity contribution is 7.90. The van der Waals surface area contributed by atoms with Gasteiger partial charge < -0.3 is 4.43 Å². The van der Waals surface area contributed by atoms with Crippen molar-refractivity contribution in [3.63, 3.8) is 0 Å². The van der Waals surface area contributed by atoms with Crippen molar-refractivity contribution in [2.45, 2.75) is 69.7 Å². The molecule has 1 heterocycles. The summed E-state index contributed by atoms with van der Waals surface area (Å²) < 4.78 is 34.2. The van der Waals surface area contributed by atoms with Gasteiger partial charge in [-0.05, 0) is 46.5 Å². The van der Waals surface area contributed by atoms with Gasteiger partial charge in [-0.1, -0.05) is 65.8 Å². The van der Waals surface area contributed by atoms with E-state index in [0.717, 1.165) is 11.8 Å². The highest BCUT2D eigenvalue weighted by Gasteiger charge is 2.45. The lowest BCUT2D eigenvalue weighted by Crippen LogP contribution is -2.47. The third-order valence-electron chi connectivity index (χ3n) is 6.57. The van der Waals surface area contributed by atoms with Gasteiger partial charge in [0.1, 0.15) is 0 Å². The maximum Gasteiger partial charge on any atom is 0.268 e. The Bertz CT molecular complexity index is 1180.